The second-order valence-electron chi connectivity index (χ2n) is 5.19. The fourth-order valence-corrected chi connectivity index (χ4v) is 2.76. The number of nitrogens with two attached hydrogens (primary N) is 1. The average Bonchev–Trinajstić information content (AvgIpc) is 3.15. The Morgan fingerprint density at radius 2 is 2.04 bits per heavy atom. The Balaban J connectivity index is 1.65. The zero-order chi connectivity index (χ0) is 17.6. The molecule has 0 bridgehead atoms. The van der Waals surface area contributed by atoms with Crippen LogP contribution in [0.1, 0.15) is 25.6 Å². The maximum atomic E-state index is 12.1. The monoisotopic (exact) mass is 353 g/mol. The van der Waals surface area contributed by atoms with Crippen molar-refractivity contribution in [1.82, 2.24) is 4.98 Å². The number of carbonyl (C=O) groups is 2. The molecule has 0 radical (unpaired) electrons. The van der Waals surface area contributed by atoms with E-state index in [4.69, 9.17) is 10.5 Å². The van der Waals surface area contributed by atoms with Gasteiger partial charge in [0.25, 0.3) is 5.91 Å². The van der Waals surface area contributed by atoms with E-state index in [0.29, 0.717) is 16.3 Å². The smallest absolute Gasteiger partial charge is 0.265 e. The van der Waals surface area contributed by atoms with E-state index in [2.05, 4.69) is 10.3 Å². The summed E-state index contributed by atoms with van der Waals surface area (Å²) >= 11 is 1.38. The van der Waals surface area contributed by atoms with Crippen molar-refractivity contribution in [2.24, 2.45) is 5.73 Å². The molecule has 0 saturated carbocycles. The number of rotatable bonds is 6. The normalized spacial score (nSPS) is 10.2. The van der Waals surface area contributed by atoms with Crippen molar-refractivity contribution in [2.45, 2.75) is 6.61 Å². The number of nitrogens with zero attached hydrogens (tertiary/aromatic N) is 1. The van der Waals surface area contributed by atoms with Crippen LogP contribution in [0.5, 0.6) is 5.75 Å². The molecule has 0 spiro atoms. The molecule has 0 aliphatic rings. The number of nitrogens with one attached hydrogen (secondary N) is 1. The van der Waals surface area contributed by atoms with Gasteiger partial charge in [-0.15, -0.1) is 11.3 Å². The lowest BCUT2D eigenvalue weighted by Crippen LogP contribution is -2.11. The number of carbonyl (C=O) groups excluding carboxylic acids is 2. The number of pyridine rings is 1. The van der Waals surface area contributed by atoms with Crippen LogP contribution in [-0.4, -0.2) is 16.8 Å². The molecular formula is C18H15N3O3S. The molecule has 3 N–H and O–H groups in total. The summed E-state index contributed by atoms with van der Waals surface area (Å²) in [7, 11) is 0. The molecule has 0 aliphatic heterocycles. The van der Waals surface area contributed by atoms with Gasteiger partial charge in [0, 0.05) is 11.9 Å². The van der Waals surface area contributed by atoms with Gasteiger partial charge in [-0.3, -0.25) is 14.6 Å². The maximum Gasteiger partial charge on any atom is 0.265 e. The van der Waals surface area contributed by atoms with E-state index in [0.717, 1.165) is 5.56 Å². The van der Waals surface area contributed by atoms with Crippen LogP contribution < -0.4 is 15.8 Å². The molecule has 3 rings (SSSR count). The van der Waals surface area contributed by atoms with Gasteiger partial charge in [0.1, 0.15) is 12.4 Å². The van der Waals surface area contributed by atoms with E-state index in [1.54, 1.807) is 6.07 Å². The first kappa shape index (κ1) is 16.7. The molecule has 3 aromatic rings. The van der Waals surface area contributed by atoms with Crippen molar-refractivity contribution < 1.29 is 14.3 Å². The number of benzene rings is 1. The molecule has 6 nitrogen and oxygen atoms in total. The van der Waals surface area contributed by atoms with Crippen LogP contribution >= 0.6 is 11.3 Å². The van der Waals surface area contributed by atoms with Crippen molar-refractivity contribution >= 4 is 28.8 Å². The quantitative estimate of drug-likeness (QED) is 0.712. The summed E-state index contributed by atoms with van der Waals surface area (Å²) in [5, 5.41) is 4.70. The summed E-state index contributed by atoms with van der Waals surface area (Å²) in [6.45, 7) is 0.270. The summed E-state index contributed by atoms with van der Waals surface area (Å²) in [4.78, 5) is 27.8. The highest BCUT2D eigenvalue weighted by atomic mass is 32.1. The van der Waals surface area contributed by atoms with Crippen LogP contribution in [0.4, 0.5) is 5.69 Å². The van der Waals surface area contributed by atoms with E-state index >= 15 is 0 Å². The number of anilines is 1. The summed E-state index contributed by atoms with van der Waals surface area (Å²) < 4.78 is 5.63. The van der Waals surface area contributed by atoms with E-state index in [1.807, 2.05) is 35.7 Å². The van der Waals surface area contributed by atoms with E-state index in [-0.39, 0.29) is 18.1 Å². The molecule has 0 atom stereocenters. The van der Waals surface area contributed by atoms with Gasteiger partial charge in [-0.1, -0.05) is 18.2 Å². The average molecular weight is 353 g/mol. The molecule has 2 heterocycles. The minimum absolute atomic E-state index is 0.147. The SMILES string of the molecule is NC(=O)c1cncc(OCc2cccc(NC(=O)c3cccs3)c2)c1. The predicted molar refractivity (Wildman–Crippen MR) is 95.8 cm³/mol. The summed E-state index contributed by atoms with van der Waals surface area (Å²) in [6.07, 6.45) is 2.89. The Kier molecular flexibility index (Phi) is 5.06. The van der Waals surface area contributed by atoms with Gasteiger partial charge in [0.15, 0.2) is 0 Å². The van der Waals surface area contributed by atoms with Crippen LogP contribution in [0.25, 0.3) is 0 Å². The third-order valence-electron chi connectivity index (χ3n) is 3.33. The molecule has 2 amide bonds. The van der Waals surface area contributed by atoms with E-state index in [1.165, 1.54) is 29.8 Å². The van der Waals surface area contributed by atoms with Crippen LogP contribution in [0, 0.1) is 0 Å². The molecule has 25 heavy (non-hydrogen) atoms. The van der Waals surface area contributed by atoms with Crippen molar-refractivity contribution in [3.05, 3.63) is 76.2 Å². The number of primary amides is 1. The van der Waals surface area contributed by atoms with Gasteiger partial charge < -0.3 is 15.8 Å². The molecule has 2 aromatic heterocycles. The highest BCUT2D eigenvalue weighted by molar-refractivity contribution is 7.12. The molecular weight excluding hydrogens is 338 g/mol. The summed E-state index contributed by atoms with van der Waals surface area (Å²) in [5.41, 5.74) is 7.06. The molecule has 0 unspecified atom stereocenters. The molecule has 126 valence electrons. The number of amides is 2. The first-order valence-corrected chi connectivity index (χ1v) is 8.31. The Labute approximate surface area is 148 Å². The molecule has 0 aliphatic carbocycles. The highest BCUT2D eigenvalue weighted by Crippen LogP contribution is 2.17. The lowest BCUT2D eigenvalue weighted by Gasteiger charge is -2.09. The van der Waals surface area contributed by atoms with Crippen molar-refractivity contribution in [3.63, 3.8) is 0 Å². The standard InChI is InChI=1S/C18H15N3O3S/c19-17(22)13-8-15(10-20-9-13)24-11-12-3-1-4-14(7-12)21-18(23)16-5-2-6-25-16/h1-10H,11H2,(H2,19,22)(H,21,23). The van der Waals surface area contributed by atoms with Crippen LogP contribution in [0.2, 0.25) is 0 Å². The second-order valence-corrected chi connectivity index (χ2v) is 6.14. The number of thiophene rings is 1. The number of ether oxygens (including phenoxy) is 1. The minimum atomic E-state index is -0.559. The van der Waals surface area contributed by atoms with Gasteiger partial charge in [0.2, 0.25) is 5.91 Å². The first-order valence-electron chi connectivity index (χ1n) is 7.43. The maximum absolute atomic E-state index is 12.1. The molecule has 0 saturated heterocycles. The van der Waals surface area contributed by atoms with E-state index < -0.39 is 5.91 Å². The Hall–Kier alpha value is -3.19. The first-order chi connectivity index (χ1) is 12.1. The number of aromatic nitrogens is 1. The van der Waals surface area contributed by atoms with Crippen molar-refractivity contribution in [2.75, 3.05) is 5.32 Å². The fourth-order valence-electron chi connectivity index (χ4n) is 2.14. The zero-order valence-corrected chi connectivity index (χ0v) is 14.0. The minimum Gasteiger partial charge on any atom is -0.487 e. The van der Waals surface area contributed by atoms with Gasteiger partial charge >= 0.3 is 0 Å². The third kappa shape index (κ3) is 4.42. The highest BCUT2D eigenvalue weighted by Gasteiger charge is 2.08. The van der Waals surface area contributed by atoms with Crippen molar-refractivity contribution in [3.8, 4) is 5.75 Å². The lowest BCUT2D eigenvalue weighted by molar-refractivity contribution is 0.0997. The third-order valence-corrected chi connectivity index (χ3v) is 4.20. The molecule has 1 aromatic carbocycles. The fraction of sp³-hybridized carbons (Fsp3) is 0.0556. The lowest BCUT2D eigenvalue weighted by atomic mass is 10.2. The van der Waals surface area contributed by atoms with Crippen molar-refractivity contribution in [1.29, 1.82) is 0 Å². The Bertz CT molecular complexity index is 894. The van der Waals surface area contributed by atoms with Crippen LogP contribution in [0.15, 0.2) is 60.2 Å². The Morgan fingerprint density at radius 3 is 2.80 bits per heavy atom. The second kappa shape index (κ2) is 7.59. The van der Waals surface area contributed by atoms with E-state index in [9.17, 15) is 9.59 Å². The van der Waals surface area contributed by atoms with Crippen LogP contribution in [0.3, 0.4) is 0 Å². The summed E-state index contributed by atoms with van der Waals surface area (Å²) in [6, 6.07) is 12.5. The van der Waals surface area contributed by atoms with Gasteiger partial charge in [0.05, 0.1) is 16.6 Å². The van der Waals surface area contributed by atoms with Gasteiger partial charge in [-0.05, 0) is 35.2 Å². The molecule has 7 heteroatoms. The van der Waals surface area contributed by atoms with Crippen LogP contribution in [-0.2, 0) is 6.61 Å². The summed E-state index contributed by atoms with van der Waals surface area (Å²) in [5.74, 6) is -0.257. The largest absolute Gasteiger partial charge is 0.487 e. The number of hydrogen-bond acceptors (Lipinski definition) is 5. The number of hydrogen-bond donors (Lipinski definition) is 2. The predicted octanol–water partition coefficient (Wildman–Crippen LogP) is 3.07. The van der Waals surface area contributed by atoms with Gasteiger partial charge in [-0.2, -0.15) is 0 Å². The topological polar surface area (TPSA) is 94.3 Å². The van der Waals surface area contributed by atoms with Gasteiger partial charge in [-0.25, -0.2) is 0 Å². The Morgan fingerprint density at radius 1 is 1.16 bits per heavy atom. The molecule has 0 fully saturated rings. The zero-order valence-electron chi connectivity index (χ0n) is 13.1.